The van der Waals surface area contributed by atoms with E-state index in [-0.39, 0.29) is 24.3 Å². The Hall–Kier alpha value is -1.91. The van der Waals surface area contributed by atoms with Crippen LogP contribution in [0.15, 0.2) is 18.2 Å². The lowest BCUT2D eigenvalue weighted by Gasteiger charge is -2.06. The van der Waals surface area contributed by atoms with E-state index in [0.717, 1.165) is 6.07 Å². The first-order valence-corrected chi connectivity index (χ1v) is 5.27. The summed E-state index contributed by atoms with van der Waals surface area (Å²) in [5.41, 5.74) is 0. The summed E-state index contributed by atoms with van der Waals surface area (Å²) in [6.45, 7) is 3.24. The molecule has 0 saturated heterocycles. The van der Waals surface area contributed by atoms with Crippen LogP contribution in [0.3, 0.4) is 0 Å². The van der Waals surface area contributed by atoms with Crippen molar-refractivity contribution in [1.29, 1.82) is 0 Å². The Balaban J connectivity index is 2.79. The molecule has 5 heteroatoms. The van der Waals surface area contributed by atoms with E-state index in [1.807, 2.05) is 0 Å². The third kappa shape index (κ3) is 3.86. The van der Waals surface area contributed by atoms with Gasteiger partial charge in [-0.25, -0.2) is 4.39 Å². The highest BCUT2D eigenvalue weighted by Crippen LogP contribution is 2.23. The Morgan fingerprint density at radius 3 is 2.24 bits per heavy atom. The van der Waals surface area contributed by atoms with Gasteiger partial charge in [0.25, 0.3) is 0 Å². The van der Waals surface area contributed by atoms with Gasteiger partial charge in [0.1, 0.15) is 5.75 Å². The molecule has 0 N–H and O–H groups in total. The van der Waals surface area contributed by atoms with Crippen molar-refractivity contribution in [1.82, 2.24) is 0 Å². The van der Waals surface area contributed by atoms with Crippen LogP contribution < -0.4 is 9.47 Å². The summed E-state index contributed by atoms with van der Waals surface area (Å²) in [5, 5.41) is 0. The molecule has 0 heterocycles. The van der Waals surface area contributed by atoms with Gasteiger partial charge in [-0.15, -0.1) is 0 Å². The Morgan fingerprint density at radius 2 is 1.71 bits per heavy atom. The van der Waals surface area contributed by atoms with Crippen LogP contribution in [0, 0.1) is 5.82 Å². The molecule has 0 unspecified atom stereocenters. The smallest absolute Gasteiger partial charge is 0.310 e. The molecule has 0 saturated carbocycles. The average molecular weight is 240 g/mol. The number of hydrogen-bond acceptors (Lipinski definition) is 4. The zero-order valence-corrected chi connectivity index (χ0v) is 9.66. The second-order valence-electron chi connectivity index (χ2n) is 3.25. The summed E-state index contributed by atoms with van der Waals surface area (Å²) in [4.78, 5) is 21.9. The van der Waals surface area contributed by atoms with Crippen LogP contribution in [0.25, 0.3) is 0 Å². The van der Waals surface area contributed by atoms with Crippen LogP contribution in [0.4, 0.5) is 4.39 Å². The molecule has 0 spiro atoms. The van der Waals surface area contributed by atoms with E-state index >= 15 is 0 Å². The van der Waals surface area contributed by atoms with Gasteiger partial charge in [0, 0.05) is 18.9 Å². The summed E-state index contributed by atoms with van der Waals surface area (Å²) in [7, 11) is 0. The summed E-state index contributed by atoms with van der Waals surface area (Å²) < 4.78 is 23.0. The van der Waals surface area contributed by atoms with E-state index in [2.05, 4.69) is 0 Å². The van der Waals surface area contributed by atoms with Crippen molar-refractivity contribution in [2.45, 2.75) is 26.7 Å². The Morgan fingerprint density at radius 1 is 1.12 bits per heavy atom. The fourth-order valence-corrected chi connectivity index (χ4v) is 1.03. The summed E-state index contributed by atoms with van der Waals surface area (Å²) in [6.07, 6.45) is 0.361. The Kier molecular flexibility index (Phi) is 4.63. The van der Waals surface area contributed by atoms with Gasteiger partial charge in [0.05, 0.1) is 0 Å². The largest absolute Gasteiger partial charge is 0.426 e. The molecule has 0 aliphatic carbocycles. The predicted octanol–water partition coefficient (Wildman–Crippen LogP) is 2.46. The highest BCUT2D eigenvalue weighted by molar-refractivity contribution is 5.73. The van der Waals surface area contributed by atoms with Gasteiger partial charge in [-0.1, -0.05) is 13.8 Å². The summed E-state index contributed by atoms with van der Waals surface area (Å²) in [5.74, 6) is -1.81. The van der Waals surface area contributed by atoms with Crippen molar-refractivity contribution in [2.75, 3.05) is 0 Å². The van der Waals surface area contributed by atoms with E-state index in [0.29, 0.717) is 0 Å². The first-order valence-electron chi connectivity index (χ1n) is 5.27. The van der Waals surface area contributed by atoms with Crippen LogP contribution in [-0.2, 0) is 9.59 Å². The van der Waals surface area contributed by atoms with Gasteiger partial charge < -0.3 is 9.47 Å². The minimum Gasteiger partial charge on any atom is -0.426 e. The van der Waals surface area contributed by atoms with Gasteiger partial charge >= 0.3 is 11.9 Å². The number of ether oxygens (including phenoxy) is 2. The van der Waals surface area contributed by atoms with Crippen molar-refractivity contribution in [3.63, 3.8) is 0 Å². The minimum absolute atomic E-state index is 0.0886. The number of esters is 2. The first-order chi connectivity index (χ1) is 8.06. The Labute approximate surface area is 98.3 Å². The van der Waals surface area contributed by atoms with E-state index in [4.69, 9.17) is 9.47 Å². The molecule has 1 aromatic carbocycles. The molecule has 92 valence electrons. The molecule has 1 rings (SSSR count). The fourth-order valence-electron chi connectivity index (χ4n) is 1.03. The van der Waals surface area contributed by atoms with Crippen molar-refractivity contribution in [2.24, 2.45) is 0 Å². The number of carbonyl (C=O) groups is 2. The number of rotatable bonds is 4. The molecule has 1 aromatic rings. The van der Waals surface area contributed by atoms with Crippen molar-refractivity contribution < 1.29 is 23.5 Å². The third-order valence-corrected chi connectivity index (χ3v) is 1.94. The van der Waals surface area contributed by atoms with E-state index in [9.17, 15) is 14.0 Å². The van der Waals surface area contributed by atoms with Gasteiger partial charge in [-0.2, -0.15) is 0 Å². The molecule has 0 bridgehead atoms. The minimum atomic E-state index is -0.742. The van der Waals surface area contributed by atoms with Crippen LogP contribution >= 0.6 is 0 Å². The van der Waals surface area contributed by atoms with Crippen molar-refractivity contribution >= 4 is 11.9 Å². The van der Waals surface area contributed by atoms with Gasteiger partial charge in [0.2, 0.25) is 0 Å². The van der Waals surface area contributed by atoms with Crippen LogP contribution in [0.5, 0.6) is 11.5 Å². The molecule has 0 amide bonds. The van der Waals surface area contributed by atoms with E-state index < -0.39 is 17.8 Å². The topological polar surface area (TPSA) is 52.6 Å². The zero-order chi connectivity index (χ0) is 12.8. The molecule has 0 radical (unpaired) electrons. The molecule has 4 nitrogen and oxygen atoms in total. The van der Waals surface area contributed by atoms with Gasteiger partial charge in [-0.3, -0.25) is 9.59 Å². The fraction of sp³-hybridized carbons (Fsp3) is 0.333. The highest BCUT2D eigenvalue weighted by atomic mass is 19.1. The number of carbonyl (C=O) groups excluding carboxylic acids is 2. The number of hydrogen-bond donors (Lipinski definition) is 0. The maximum Gasteiger partial charge on any atom is 0.310 e. The standard InChI is InChI=1S/C12H13FO4/c1-3-11(14)16-8-5-6-10(9(13)7-8)17-12(15)4-2/h5-7H,3-4H2,1-2H3. The van der Waals surface area contributed by atoms with Crippen molar-refractivity contribution in [3.8, 4) is 11.5 Å². The highest BCUT2D eigenvalue weighted by Gasteiger charge is 2.10. The molecule has 17 heavy (non-hydrogen) atoms. The summed E-state index contributed by atoms with van der Waals surface area (Å²) in [6, 6.07) is 3.63. The lowest BCUT2D eigenvalue weighted by molar-refractivity contribution is -0.135. The SMILES string of the molecule is CCC(=O)Oc1ccc(OC(=O)CC)c(F)c1. The summed E-state index contributed by atoms with van der Waals surface area (Å²) >= 11 is 0. The second kappa shape index (κ2) is 5.98. The van der Waals surface area contributed by atoms with E-state index in [1.54, 1.807) is 13.8 Å². The maximum atomic E-state index is 13.4. The second-order valence-corrected chi connectivity index (χ2v) is 3.25. The quantitative estimate of drug-likeness (QED) is 0.599. The number of benzene rings is 1. The molecule has 0 aliphatic heterocycles. The molecule has 0 aromatic heterocycles. The predicted molar refractivity (Wildman–Crippen MR) is 58.3 cm³/mol. The van der Waals surface area contributed by atoms with E-state index in [1.165, 1.54) is 12.1 Å². The third-order valence-electron chi connectivity index (χ3n) is 1.94. The molecular weight excluding hydrogens is 227 g/mol. The monoisotopic (exact) mass is 240 g/mol. The zero-order valence-electron chi connectivity index (χ0n) is 9.66. The lowest BCUT2D eigenvalue weighted by Crippen LogP contribution is -2.08. The van der Waals surface area contributed by atoms with Crippen LogP contribution in [0.2, 0.25) is 0 Å². The van der Waals surface area contributed by atoms with Crippen LogP contribution in [-0.4, -0.2) is 11.9 Å². The van der Waals surface area contributed by atoms with Crippen LogP contribution in [0.1, 0.15) is 26.7 Å². The van der Waals surface area contributed by atoms with Crippen molar-refractivity contribution in [3.05, 3.63) is 24.0 Å². The normalized spacial score (nSPS) is 9.82. The number of halogens is 1. The Bertz CT molecular complexity index is 429. The molecular formula is C12H13FO4. The van der Waals surface area contributed by atoms with Gasteiger partial charge in [0.15, 0.2) is 11.6 Å². The molecule has 0 atom stereocenters. The molecule has 0 aliphatic rings. The van der Waals surface area contributed by atoms with Gasteiger partial charge in [-0.05, 0) is 12.1 Å². The maximum absolute atomic E-state index is 13.4. The lowest BCUT2D eigenvalue weighted by atomic mass is 10.3. The molecule has 0 fully saturated rings. The average Bonchev–Trinajstić information content (AvgIpc) is 2.32. The first kappa shape index (κ1) is 13.2.